The van der Waals surface area contributed by atoms with Gasteiger partial charge in [-0.05, 0) is 107 Å². The minimum absolute atomic E-state index is 0.0722. The summed E-state index contributed by atoms with van der Waals surface area (Å²) in [5, 5.41) is 19.9. The first-order valence-electron chi connectivity index (χ1n) is 19.1. The van der Waals surface area contributed by atoms with Crippen molar-refractivity contribution in [2.24, 2.45) is 23.2 Å². The third-order valence-electron chi connectivity index (χ3n) is 9.88. The third kappa shape index (κ3) is 19.2. The van der Waals surface area contributed by atoms with Crippen molar-refractivity contribution >= 4 is 0 Å². The van der Waals surface area contributed by atoms with E-state index in [0.29, 0.717) is 11.8 Å². The van der Waals surface area contributed by atoms with E-state index in [-0.39, 0.29) is 17.9 Å². The molecule has 0 radical (unpaired) electrons. The highest BCUT2D eigenvalue weighted by molar-refractivity contribution is 5.33. The van der Waals surface area contributed by atoms with E-state index >= 15 is 0 Å². The lowest BCUT2D eigenvalue weighted by Gasteiger charge is -2.43. The molecule has 0 aromatic rings. The van der Waals surface area contributed by atoms with Crippen molar-refractivity contribution in [3.8, 4) is 0 Å². The van der Waals surface area contributed by atoms with Gasteiger partial charge in [-0.25, -0.2) is 0 Å². The second-order valence-corrected chi connectivity index (χ2v) is 16.1. The molecular weight excluding hydrogens is 633 g/mol. The highest BCUT2D eigenvalue weighted by Gasteiger charge is 2.38. The molecule has 1 aliphatic rings. The van der Waals surface area contributed by atoms with Gasteiger partial charge in [-0.15, -0.1) is 0 Å². The molecule has 0 aromatic heterocycles. The van der Waals surface area contributed by atoms with Gasteiger partial charge < -0.3 is 10.2 Å². The second-order valence-electron chi connectivity index (χ2n) is 16.1. The molecule has 0 heterocycles. The van der Waals surface area contributed by atoms with Crippen LogP contribution in [-0.4, -0.2) is 22.4 Å². The first-order chi connectivity index (χ1) is 24.4. The molecule has 1 aliphatic carbocycles. The molecule has 0 saturated heterocycles. The van der Waals surface area contributed by atoms with Crippen LogP contribution in [0.15, 0.2) is 166 Å². The molecule has 2 N–H and O–H groups in total. The minimum atomic E-state index is -0.759. The van der Waals surface area contributed by atoms with E-state index in [4.69, 9.17) is 0 Å². The van der Waals surface area contributed by atoms with Crippen LogP contribution in [0.4, 0.5) is 0 Å². The summed E-state index contributed by atoms with van der Waals surface area (Å²) in [4.78, 5) is 0. The van der Waals surface area contributed by atoms with Crippen LogP contribution < -0.4 is 0 Å². The Labute approximate surface area is 320 Å². The molecular formula is C50H72O2. The Hall–Kier alpha value is -3.72. The summed E-state index contributed by atoms with van der Waals surface area (Å²) in [5.74, 6) is 1.04. The molecule has 0 saturated carbocycles. The summed E-state index contributed by atoms with van der Waals surface area (Å²) >= 11 is 0. The first-order valence-corrected chi connectivity index (χ1v) is 19.1. The van der Waals surface area contributed by atoms with Gasteiger partial charge in [0.1, 0.15) is 0 Å². The predicted octanol–water partition coefficient (Wildman–Crippen LogP) is 13.7. The third-order valence-corrected chi connectivity index (χ3v) is 9.88. The second kappa shape index (κ2) is 23.8. The SMILES string of the molecule is CC(C)=CC[C@H](/C=C/C(C)=C/C=C/C(C)=C/C=C/C(C)=C/C=C/C=C(C)/C=C/C=C(C)/C=C/[C@@H]1C(C)=CC[C@@H](C/C=C(\C)CO)C1(C)C)C(C)(C)O. The fraction of sp³-hybridized carbons (Fsp3) is 0.440. The van der Waals surface area contributed by atoms with Crippen molar-refractivity contribution in [2.75, 3.05) is 6.61 Å². The quantitative estimate of drug-likeness (QED) is 0.110. The van der Waals surface area contributed by atoms with Gasteiger partial charge in [-0.2, -0.15) is 0 Å². The fourth-order valence-corrected chi connectivity index (χ4v) is 6.04. The molecule has 0 bridgehead atoms. The molecule has 0 spiro atoms. The van der Waals surface area contributed by atoms with Gasteiger partial charge in [0.15, 0.2) is 0 Å². The van der Waals surface area contributed by atoms with Gasteiger partial charge in [0.25, 0.3) is 0 Å². The van der Waals surface area contributed by atoms with Crippen molar-refractivity contribution in [2.45, 2.75) is 115 Å². The Kier molecular flexibility index (Phi) is 21.2. The van der Waals surface area contributed by atoms with Crippen LogP contribution in [0.3, 0.4) is 0 Å². The molecule has 1 rings (SSSR count). The number of allylic oxidation sites excluding steroid dienone is 26. The van der Waals surface area contributed by atoms with Crippen molar-refractivity contribution in [3.63, 3.8) is 0 Å². The van der Waals surface area contributed by atoms with Gasteiger partial charge >= 0.3 is 0 Å². The highest BCUT2D eigenvalue weighted by Crippen LogP contribution is 2.47. The maximum atomic E-state index is 10.5. The van der Waals surface area contributed by atoms with Crippen molar-refractivity contribution in [3.05, 3.63) is 166 Å². The van der Waals surface area contributed by atoms with Crippen molar-refractivity contribution < 1.29 is 10.2 Å². The summed E-state index contributed by atoms with van der Waals surface area (Å²) in [6.07, 6.45) is 46.1. The number of hydrogen-bond donors (Lipinski definition) is 2. The van der Waals surface area contributed by atoms with Crippen molar-refractivity contribution in [1.82, 2.24) is 0 Å². The standard InChI is InChI=1S/C50H72O2/c1-38(2)27-32-47(50(12,13)52)34-28-42(6)25-18-24-41(5)23-16-21-39(3)19-14-15-20-40(4)22-17-26-43(7)30-36-48-45(9)31-35-46(49(48,10)11)33-29-44(8)37-51/h14-31,34,36,46-48,51-52H,32-33,35,37H2,1-13H3/b15-14+,21-16+,22-17+,24-18+,34-28+,36-30+,39-19+,40-20+,41-23+,42-25+,43-26+,44-29+/t46-,47-,48-/m1/s1. The van der Waals surface area contributed by atoms with Crippen LogP contribution in [0.1, 0.15) is 109 Å². The van der Waals surface area contributed by atoms with Gasteiger partial charge in [0.2, 0.25) is 0 Å². The van der Waals surface area contributed by atoms with Crippen LogP contribution in [0.5, 0.6) is 0 Å². The number of aliphatic hydroxyl groups is 2. The summed E-state index contributed by atoms with van der Waals surface area (Å²) in [7, 11) is 0. The van der Waals surface area contributed by atoms with Crippen LogP contribution in [0.2, 0.25) is 0 Å². The van der Waals surface area contributed by atoms with E-state index in [2.05, 4.69) is 191 Å². The summed E-state index contributed by atoms with van der Waals surface area (Å²) in [6, 6.07) is 0. The Morgan fingerprint density at radius 2 is 1.19 bits per heavy atom. The average Bonchev–Trinajstić information content (AvgIpc) is 3.05. The smallest absolute Gasteiger partial charge is 0.0657 e. The predicted molar refractivity (Wildman–Crippen MR) is 232 cm³/mol. The largest absolute Gasteiger partial charge is 0.392 e. The lowest BCUT2D eigenvalue weighted by atomic mass is 9.61. The Bertz CT molecular complexity index is 1560. The fourth-order valence-electron chi connectivity index (χ4n) is 6.04. The highest BCUT2D eigenvalue weighted by atomic mass is 16.3. The van der Waals surface area contributed by atoms with E-state index < -0.39 is 5.60 Å². The van der Waals surface area contributed by atoms with Gasteiger partial charge in [0.05, 0.1) is 12.2 Å². The summed E-state index contributed by atoms with van der Waals surface area (Å²) in [5.41, 5.74) is 9.10. The number of aliphatic hydroxyl groups excluding tert-OH is 1. The monoisotopic (exact) mass is 705 g/mol. The van der Waals surface area contributed by atoms with Crippen LogP contribution in [0.25, 0.3) is 0 Å². The van der Waals surface area contributed by atoms with E-state index in [0.717, 1.165) is 30.4 Å². The van der Waals surface area contributed by atoms with E-state index in [1.54, 1.807) is 0 Å². The van der Waals surface area contributed by atoms with Gasteiger partial charge in [-0.1, -0.05) is 180 Å². The zero-order valence-corrected chi connectivity index (χ0v) is 35.0. The van der Waals surface area contributed by atoms with Crippen molar-refractivity contribution in [1.29, 1.82) is 0 Å². The molecule has 52 heavy (non-hydrogen) atoms. The Morgan fingerprint density at radius 3 is 1.65 bits per heavy atom. The zero-order chi connectivity index (χ0) is 39.3. The van der Waals surface area contributed by atoms with E-state index in [1.807, 2.05) is 20.8 Å². The molecule has 2 heteroatoms. The zero-order valence-electron chi connectivity index (χ0n) is 35.0. The summed E-state index contributed by atoms with van der Waals surface area (Å²) < 4.78 is 0. The number of hydrogen-bond acceptors (Lipinski definition) is 2. The summed E-state index contributed by atoms with van der Waals surface area (Å²) in [6.45, 7) is 27.7. The Balaban J connectivity index is 2.72. The minimum Gasteiger partial charge on any atom is -0.392 e. The molecule has 0 amide bonds. The molecule has 0 unspecified atom stereocenters. The van der Waals surface area contributed by atoms with E-state index in [1.165, 1.54) is 33.4 Å². The molecule has 0 aliphatic heterocycles. The topological polar surface area (TPSA) is 40.5 Å². The Morgan fingerprint density at radius 1 is 0.731 bits per heavy atom. The van der Waals surface area contributed by atoms with E-state index in [9.17, 15) is 10.2 Å². The molecule has 2 nitrogen and oxygen atoms in total. The molecule has 0 aromatic carbocycles. The first kappa shape index (κ1) is 46.3. The van der Waals surface area contributed by atoms with Crippen LogP contribution in [-0.2, 0) is 0 Å². The molecule has 284 valence electrons. The molecule has 3 atom stereocenters. The lowest BCUT2D eigenvalue weighted by molar-refractivity contribution is 0.0380. The molecule has 0 fully saturated rings. The van der Waals surface area contributed by atoms with Gasteiger partial charge in [-0.3, -0.25) is 0 Å². The maximum absolute atomic E-state index is 10.5. The number of rotatable bonds is 18. The average molecular weight is 705 g/mol. The van der Waals surface area contributed by atoms with Crippen LogP contribution >= 0.6 is 0 Å². The van der Waals surface area contributed by atoms with Gasteiger partial charge in [0, 0.05) is 11.8 Å². The maximum Gasteiger partial charge on any atom is 0.0657 e. The lowest BCUT2D eigenvalue weighted by Crippen LogP contribution is -2.35. The van der Waals surface area contributed by atoms with Crippen LogP contribution in [0, 0.1) is 23.2 Å². The normalized spacial score (nSPS) is 21.2.